The average molecular weight is 721 g/mol. The summed E-state index contributed by atoms with van der Waals surface area (Å²) in [5.41, 5.74) is -2.52. The van der Waals surface area contributed by atoms with E-state index < -0.39 is 69.6 Å². The van der Waals surface area contributed by atoms with Gasteiger partial charge < -0.3 is 20.5 Å². The van der Waals surface area contributed by atoms with E-state index in [9.17, 15) is 48.7 Å². The van der Waals surface area contributed by atoms with Gasteiger partial charge in [0.2, 0.25) is 11.9 Å². The quantitative estimate of drug-likeness (QED) is 0.0803. The second kappa shape index (κ2) is 15.0. The molecule has 1 aromatic carbocycles. The monoisotopic (exact) mass is 720 g/mol. The minimum absolute atomic E-state index is 0.00452. The average Bonchev–Trinajstić information content (AvgIpc) is 2.96. The maximum Gasteiger partial charge on any atom is 0.315 e. The lowest BCUT2D eigenvalue weighted by Crippen LogP contribution is -2.22. The normalized spacial score (nSPS) is 12.4. The molecule has 0 amide bonds. The lowest BCUT2D eigenvalue weighted by atomic mass is 10.1. The van der Waals surface area contributed by atoms with E-state index in [2.05, 4.69) is 42.4 Å². The molecule has 19 nitrogen and oxygen atoms in total. The highest BCUT2D eigenvalue weighted by Gasteiger charge is 2.23. The number of aromatic hydroxyl groups is 1. The second-order valence-electron chi connectivity index (χ2n) is 9.36. The van der Waals surface area contributed by atoms with E-state index in [1.807, 2.05) is 0 Å². The summed E-state index contributed by atoms with van der Waals surface area (Å²) in [5.74, 6) is -2.69. The number of halogens is 1. The molecule has 3 aromatic rings. The molecule has 0 unspecified atom stereocenters. The van der Waals surface area contributed by atoms with E-state index in [1.54, 1.807) is 0 Å². The predicted molar refractivity (Wildman–Crippen MR) is 165 cm³/mol. The van der Waals surface area contributed by atoms with Gasteiger partial charge in [-0.2, -0.15) is 36.2 Å². The third kappa shape index (κ3) is 10.3. The van der Waals surface area contributed by atoms with E-state index in [-0.39, 0.29) is 60.8 Å². The van der Waals surface area contributed by atoms with Crippen LogP contribution < -0.4 is 16.2 Å². The zero-order valence-electron chi connectivity index (χ0n) is 24.7. The van der Waals surface area contributed by atoms with Crippen molar-refractivity contribution in [3.8, 4) is 5.88 Å². The highest BCUT2D eigenvalue weighted by atomic mass is 32.2. The third-order valence-corrected chi connectivity index (χ3v) is 8.88. The summed E-state index contributed by atoms with van der Waals surface area (Å²) in [7, 11) is -13.0. The Morgan fingerprint density at radius 3 is 2.36 bits per heavy atom. The van der Waals surface area contributed by atoms with Crippen LogP contribution >= 0.6 is 0 Å². The first-order valence-corrected chi connectivity index (χ1v) is 17.9. The van der Waals surface area contributed by atoms with Crippen molar-refractivity contribution in [3.63, 3.8) is 0 Å². The smallest absolute Gasteiger partial charge is 0.315 e. The lowest BCUT2D eigenvalue weighted by molar-refractivity contribution is 0.159. The molecule has 23 heteroatoms. The van der Waals surface area contributed by atoms with Crippen LogP contribution in [0, 0.1) is 13.0 Å². The van der Waals surface area contributed by atoms with Gasteiger partial charge in [0.05, 0.1) is 19.0 Å². The first-order valence-electron chi connectivity index (χ1n) is 13.1. The predicted octanol–water partition coefficient (Wildman–Crippen LogP) is 1.99. The van der Waals surface area contributed by atoms with Crippen molar-refractivity contribution in [3.05, 3.63) is 57.7 Å². The minimum Gasteiger partial charge on any atom is -0.494 e. The number of sulfone groups is 1. The molecule has 256 valence electrons. The first-order chi connectivity index (χ1) is 21.8. The van der Waals surface area contributed by atoms with Gasteiger partial charge in [-0.15, -0.1) is 10.2 Å². The maximum atomic E-state index is 14.1. The third-order valence-electron chi connectivity index (χ3n) is 6.08. The van der Waals surface area contributed by atoms with Crippen molar-refractivity contribution in [2.24, 2.45) is 10.2 Å². The van der Waals surface area contributed by atoms with E-state index in [0.29, 0.717) is 0 Å². The number of anilines is 3. The number of aromatic nitrogens is 4. The molecule has 0 aliphatic carbocycles. The molecule has 0 saturated carbocycles. The molecular weight excluding hydrogens is 692 g/mol. The largest absolute Gasteiger partial charge is 0.494 e. The van der Waals surface area contributed by atoms with Crippen molar-refractivity contribution in [2.75, 3.05) is 36.1 Å². The van der Waals surface area contributed by atoms with E-state index in [1.165, 1.54) is 13.8 Å². The fraction of sp³-hybridized carbons (Fsp3) is 0.333. The summed E-state index contributed by atoms with van der Waals surface area (Å²) in [6, 6.07) is 3.08. The molecule has 2 aromatic heterocycles. The topological polar surface area (TPSA) is 282 Å². The van der Waals surface area contributed by atoms with E-state index >= 15 is 0 Å². The molecule has 0 fully saturated rings. The Kier molecular flexibility index (Phi) is 11.8. The van der Waals surface area contributed by atoms with E-state index in [4.69, 9.17) is 4.74 Å². The Hall–Kier alpha value is -4.42. The lowest BCUT2D eigenvalue weighted by Gasteiger charge is -2.14. The van der Waals surface area contributed by atoms with Gasteiger partial charge >= 0.3 is 6.08 Å². The number of nitrogens with zero attached hydrogens (tertiary/aromatic N) is 6. The van der Waals surface area contributed by atoms with Crippen molar-refractivity contribution in [1.29, 1.82) is 0 Å². The molecule has 0 radical (unpaired) electrons. The molecule has 5 N–H and O–H groups in total. The Balaban J connectivity index is 1.91. The molecule has 2 heterocycles. The van der Waals surface area contributed by atoms with Gasteiger partial charge in [0.15, 0.2) is 21.4 Å². The van der Waals surface area contributed by atoms with Crippen LogP contribution in [0.5, 0.6) is 5.88 Å². The summed E-state index contributed by atoms with van der Waals surface area (Å²) in [6.07, 6.45) is -1.21. The van der Waals surface area contributed by atoms with Crippen molar-refractivity contribution >= 4 is 59.0 Å². The number of ether oxygens (including phenoxy) is 1. The van der Waals surface area contributed by atoms with Gasteiger partial charge in [-0.3, -0.25) is 18.5 Å². The van der Waals surface area contributed by atoms with Crippen LogP contribution in [-0.2, 0) is 47.1 Å². The second-order valence-corrected chi connectivity index (χ2v) is 14.3. The number of rotatable bonds is 16. The van der Waals surface area contributed by atoms with Gasteiger partial charge in [0, 0.05) is 29.7 Å². The molecular formula is C24H29FN8O11S3. The van der Waals surface area contributed by atoms with Crippen LogP contribution in [-0.4, -0.2) is 84.5 Å². The molecule has 0 saturated heterocycles. The SMILES string of the molecule is C=CS(=O)(=O)CCOCCNc1nc(F)nc(Nc2ccc(S(=O)(=O)O)c(/N=N/c3c(C)c(CS(=O)(=O)O)c(O)n(CC)c3=O)c2)n1. The Bertz CT molecular complexity index is 2090. The van der Waals surface area contributed by atoms with Crippen LogP contribution in [0.4, 0.5) is 33.3 Å². The Labute approximate surface area is 267 Å². The molecule has 47 heavy (non-hydrogen) atoms. The van der Waals surface area contributed by atoms with Gasteiger partial charge in [-0.05, 0) is 37.6 Å². The summed E-state index contributed by atoms with van der Waals surface area (Å²) < 4.78 is 109. The number of hydrogen-bond donors (Lipinski definition) is 5. The molecule has 0 aliphatic heterocycles. The summed E-state index contributed by atoms with van der Waals surface area (Å²) in [5, 5.41) is 24.0. The van der Waals surface area contributed by atoms with Crippen molar-refractivity contribution in [1.82, 2.24) is 19.5 Å². The van der Waals surface area contributed by atoms with Crippen molar-refractivity contribution < 1.29 is 48.6 Å². The van der Waals surface area contributed by atoms with Gasteiger partial charge in [-0.25, -0.2) is 8.42 Å². The van der Waals surface area contributed by atoms with Crippen molar-refractivity contribution in [2.45, 2.75) is 31.0 Å². The van der Waals surface area contributed by atoms with Crippen LogP contribution in [0.15, 0.2) is 50.1 Å². The zero-order valence-corrected chi connectivity index (χ0v) is 27.1. The molecule has 3 rings (SSSR count). The van der Waals surface area contributed by atoms with E-state index in [0.717, 1.165) is 28.2 Å². The standard InChI is InChI=1S/C24H29FN8O11S3/c1-4-33-20(34)16(13-46(38,39)40)14(3)19(21(33)35)32-31-17-12-15(6-7-18(17)47(41,42)43)27-24-29-22(25)28-23(30-24)26-8-9-44-10-11-45(36,37)5-2/h5-7,12,34H,2,4,8-11,13H2,1,3H3,(H,38,39,40)(H,41,42,43)(H2,26,27,28,29,30)/b32-31+. The van der Waals surface area contributed by atoms with Crippen LogP contribution in [0.2, 0.25) is 0 Å². The molecule has 0 spiro atoms. The maximum absolute atomic E-state index is 14.1. The summed E-state index contributed by atoms with van der Waals surface area (Å²) >= 11 is 0. The van der Waals surface area contributed by atoms with Crippen LogP contribution in [0.3, 0.4) is 0 Å². The number of nitrogens with one attached hydrogen (secondary N) is 2. The van der Waals surface area contributed by atoms with Crippen LogP contribution in [0.25, 0.3) is 0 Å². The molecule has 0 aliphatic rings. The molecule has 0 atom stereocenters. The summed E-state index contributed by atoms with van der Waals surface area (Å²) in [4.78, 5) is 23.2. The number of hydrogen-bond acceptors (Lipinski definition) is 16. The minimum atomic E-state index is -4.92. The fourth-order valence-corrected chi connectivity index (χ4v) is 5.66. The fourth-order valence-electron chi connectivity index (χ4n) is 3.83. The zero-order chi connectivity index (χ0) is 35.2. The van der Waals surface area contributed by atoms with Gasteiger partial charge in [-0.1, -0.05) is 6.58 Å². The first kappa shape index (κ1) is 37.0. The van der Waals surface area contributed by atoms with Crippen LogP contribution in [0.1, 0.15) is 18.1 Å². The number of pyridine rings is 1. The number of azo groups is 1. The Morgan fingerprint density at radius 1 is 1.06 bits per heavy atom. The van der Waals surface area contributed by atoms with Gasteiger partial charge in [0.1, 0.15) is 16.3 Å². The Morgan fingerprint density at radius 2 is 1.74 bits per heavy atom. The van der Waals surface area contributed by atoms with Gasteiger partial charge in [0.25, 0.3) is 25.8 Å². The number of benzene rings is 1. The summed E-state index contributed by atoms with van der Waals surface area (Å²) in [6.45, 7) is 5.67. The highest BCUT2D eigenvalue weighted by molar-refractivity contribution is 7.94. The molecule has 0 bridgehead atoms. The highest BCUT2D eigenvalue weighted by Crippen LogP contribution is 2.32.